The summed E-state index contributed by atoms with van der Waals surface area (Å²) in [6.07, 6.45) is 3.64. The van der Waals surface area contributed by atoms with E-state index < -0.39 is 0 Å². The summed E-state index contributed by atoms with van der Waals surface area (Å²) in [5.74, 6) is -0.650. The number of aromatic nitrogens is 2. The molecule has 1 aliphatic rings. The molecule has 0 unspecified atom stereocenters. The number of nitrogens with zero attached hydrogens (tertiary/aromatic N) is 2. The van der Waals surface area contributed by atoms with Gasteiger partial charge in [0, 0.05) is 23.2 Å². The molecule has 1 fully saturated rings. The van der Waals surface area contributed by atoms with Crippen LogP contribution in [0.1, 0.15) is 28.9 Å². The van der Waals surface area contributed by atoms with Gasteiger partial charge in [0.2, 0.25) is 0 Å². The highest BCUT2D eigenvalue weighted by molar-refractivity contribution is 6.30. The van der Waals surface area contributed by atoms with Gasteiger partial charge in [-0.2, -0.15) is 5.10 Å². The summed E-state index contributed by atoms with van der Waals surface area (Å²) in [5.41, 5.74) is 1.74. The second-order valence-electron chi connectivity index (χ2n) is 6.57. The van der Waals surface area contributed by atoms with Gasteiger partial charge in [-0.1, -0.05) is 35.9 Å². The van der Waals surface area contributed by atoms with Crippen LogP contribution in [-0.4, -0.2) is 22.2 Å². The number of hydrogen-bond donors (Lipinski definition) is 1. The molecule has 0 spiro atoms. The summed E-state index contributed by atoms with van der Waals surface area (Å²) in [7, 11) is 0. The Bertz CT molecular complexity index is 948. The van der Waals surface area contributed by atoms with Gasteiger partial charge in [0.15, 0.2) is 5.69 Å². The lowest BCUT2D eigenvalue weighted by Gasteiger charge is -2.16. The number of carbonyl (C=O) groups is 1. The lowest BCUT2D eigenvalue weighted by Crippen LogP contribution is -2.32. The van der Waals surface area contributed by atoms with E-state index in [2.05, 4.69) is 10.4 Å². The Kier molecular flexibility index (Phi) is 4.24. The Morgan fingerprint density at radius 3 is 2.58 bits per heavy atom. The summed E-state index contributed by atoms with van der Waals surface area (Å²) in [6.45, 7) is 0.542. The van der Waals surface area contributed by atoms with Crippen LogP contribution in [0.2, 0.25) is 5.02 Å². The summed E-state index contributed by atoms with van der Waals surface area (Å²) in [6, 6.07) is 15.7. The first-order chi connectivity index (χ1) is 12.6. The number of rotatable bonds is 5. The molecule has 26 heavy (non-hydrogen) atoms. The number of carbonyl (C=O) groups excluding carboxylic acids is 1. The second-order valence-corrected chi connectivity index (χ2v) is 7.00. The third-order valence-corrected chi connectivity index (χ3v) is 5.07. The minimum atomic E-state index is -0.387. The van der Waals surface area contributed by atoms with Crippen molar-refractivity contribution in [2.45, 2.75) is 18.3 Å². The smallest absolute Gasteiger partial charge is 0.271 e. The Balaban J connectivity index is 1.45. The SMILES string of the molecule is O=C(NCC1(c2ccc(Cl)cc2)CC1)c1ccn(-c2ccccc2F)n1. The number of amides is 1. The Morgan fingerprint density at radius 1 is 1.15 bits per heavy atom. The fourth-order valence-corrected chi connectivity index (χ4v) is 3.20. The fraction of sp³-hybridized carbons (Fsp3) is 0.200. The number of halogens is 2. The Hall–Kier alpha value is -2.66. The Labute approximate surface area is 155 Å². The van der Waals surface area contributed by atoms with E-state index in [-0.39, 0.29) is 22.8 Å². The summed E-state index contributed by atoms with van der Waals surface area (Å²) in [4.78, 5) is 12.4. The van der Waals surface area contributed by atoms with Crippen LogP contribution >= 0.6 is 11.6 Å². The summed E-state index contributed by atoms with van der Waals surface area (Å²) >= 11 is 5.95. The topological polar surface area (TPSA) is 46.9 Å². The molecule has 0 aliphatic heterocycles. The average molecular weight is 370 g/mol. The van der Waals surface area contributed by atoms with Crippen molar-refractivity contribution in [2.75, 3.05) is 6.54 Å². The number of benzene rings is 2. The molecular weight excluding hydrogens is 353 g/mol. The Morgan fingerprint density at radius 2 is 1.88 bits per heavy atom. The molecule has 1 aromatic heterocycles. The van der Waals surface area contributed by atoms with E-state index >= 15 is 0 Å². The largest absolute Gasteiger partial charge is 0.350 e. The van der Waals surface area contributed by atoms with Crippen molar-refractivity contribution >= 4 is 17.5 Å². The minimum absolute atomic E-state index is 0.0195. The quantitative estimate of drug-likeness (QED) is 0.735. The normalized spacial score (nSPS) is 14.8. The van der Waals surface area contributed by atoms with Crippen molar-refractivity contribution in [1.29, 1.82) is 0 Å². The van der Waals surface area contributed by atoms with E-state index in [4.69, 9.17) is 11.6 Å². The highest BCUT2D eigenvalue weighted by Crippen LogP contribution is 2.47. The lowest BCUT2D eigenvalue weighted by atomic mass is 9.96. The zero-order valence-corrected chi connectivity index (χ0v) is 14.7. The van der Waals surface area contributed by atoms with Crippen molar-refractivity contribution in [1.82, 2.24) is 15.1 Å². The van der Waals surface area contributed by atoms with Gasteiger partial charge >= 0.3 is 0 Å². The van der Waals surface area contributed by atoms with E-state index in [1.807, 2.05) is 24.3 Å². The molecule has 1 N–H and O–H groups in total. The van der Waals surface area contributed by atoms with Crippen molar-refractivity contribution < 1.29 is 9.18 Å². The van der Waals surface area contributed by atoms with Crippen LogP contribution in [0.3, 0.4) is 0 Å². The van der Waals surface area contributed by atoms with Crippen LogP contribution in [0.5, 0.6) is 0 Å². The molecule has 132 valence electrons. The molecule has 1 saturated carbocycles. The van der Waals surface area contributed by atoms with Crippen LogP contribution in [0.4, 0.5) is 4.39 Å². The minimum Gasteiger partial charge on any atom is -0.350 e. The fourth-order valence-electron chi connectivity index (χ4n) is 3.08. The van der Waals surface area contributed by atoms with Crippen molar-refractivity contribution in [2.24, 2.45) is 0 Å². The standard InChI is InChI=1S/C20H17ClFN3O/c21-15-7-5-14(6-8-15)20(10-11-20)13-23-19(26)17-9-12-25(24-17)18-4-2-1-3-16(18)22/h1-9,12H,10-11,13H2,(H,23,26). The first-order valence-electron chi connectivity index (χ1n) is 8.42. The third-order valence-electron chi connectivity index (χ3n) is 4.82. The van der Waals surface area contributed by atoms with E-state index in [0.717, 1.165) is 12.8 Å². The zero-order chi connectivity index (χ0) is 18.1. The third kappa shape index (κ3) is 3.22. The average Bonchev–Trinajstić information content (AvgIpc) is 3.28. The molecule has 0 radical (unpaired) electrons. The predicted octanol–water partition coefficient (Wildman–Crippen LogP) is 4.13. The van der Waals surface area contributed by atoms with Crippen molar-refractivity contribution in [3.63, 3.8) is 0 Å². The van der Waals surface area contributed by atoms with Gasteiger partial charge in [-0.15, -0.1) is 0 Å². The van der Waals surface area contributed by atoms with Gasteiger partial charge in [0.1, 0.15) is 11.5 Å². The van der Waals surface area contributed by atoms with Gasteiger partial charge < -0.3 is 5.32 Å². The maximum absolute atomic E-state index is 13.8. The number of nitrogens with one attached hydrogen (secondary N) is 1. The first-order valence-corrected chi connectivity index (χ1v) is 8.80. The van der Waals surface area contributed by atoms with Gasteiger partial charge in [0.05, 0.1) is 0 Å². The van der Waals surface area contributed by atoms with E-state index in [9.17, 15) is 9.18 Å². The molecule has 1 aliphatic carbocycles. The van der Waals surface area contributed by atoms with Gasteiger partial charge in [-0.25, -0.2) is 9.07 Å². The monoisotopic (exact) mass is 369 g/mol. The number of para-hydroxylation sites is 1. The van der Waals surface area contributed by atoms with E-state index in [1.165, 1.54) is 16.3 Å². The van der Waals surface area contributed by atoms with Crippen molar-refractivity contribution in [3.05, 3.63) is 82.9 Å². The van der Waals surface area contributed by atoms with Crippen LogP contribution in [0.15, 0.2) is 60.8 Å². The van der Waals surface area contributed by atoms with Crippen LogP contribution < -0.4 is 5.32 Å². The molecule has 2 aromatic carbocycles. The van der Waals surface area contributed by atoms with Gasteiger partial charge in [-0.3, -0.25) is 4.79 Å². The maximum atomic E-state index is 13.8. The molecule has 1 heterocycles. The molecule has 4 nitrogen and oxygen atoms in total. The lowest BCUT2D eigenvalue weighted by molar-refractivity contribution is 0.0944. The van der Waals surface area contributed by atoms with Crippen LogP contribution in [-0.2, 0) is 5.41 Å². The van der Waals surface area contributed by atoms with E-state index in [0.29, 0.717) is 17.3 Å². The molecule has 4 rings (SSSR count). The highest BCUT2D eigenvalue weighted by Gasteiger charge is 2.44. The summed E-state index contributed by atoms with van der Waals surface area (Å²) in [5, 5.41) is 7.85. The van der Waals surface area contributed by atoms with Crippen LogP contribution in [0, 0.1) is 5.82 Å². The van der Waals surface area contributed by atoms with E-state index in [1.54, 1.807) is 30.5 Å². The second kappa shape index (κ2) is 6.57. The molecular formula is C20H17ClFN3O. The highest BCUT2D eigenvalue weighted by atomic mass is 35.5. The predicted molar refractivity (Wildman–Crippen MR) is 98.2 cm³/mol. The molecule has 0 bridgehead atoms. The van der Waals surface area contributed by atoms with Gasteiger partial charge in [0.25, 0.3) is 5.91 Å². The first kappa shape index (κ1) is 16.8. The van der Waals surface area contributed by atoms with Crippen LogP contribution in [0.25, 0.3) is 5.69 Å². The zero-order valence-electron chi connectivity index (χ0n) is 14.0. The molecule has 1 amide bonds. The number of hydrogen-bond acceptors (Lipinski definition) is 2. The van der Waals surface area contributed by atoms with Gasteiger partial charge in [-0.05, 0) is 48.7 Å². The molecule has 3 aromatic rings. The molecule has 0 saturated heterocycles. The summed E-state index contributed by atoms with van der Waals surface area (Å²) < 4.78 is 15.2. The maximum Gasteiger partial charge on any atom is 0.271 e. The molecule has 6 heteroatoms. The van der Waals surface area contributed by atoms with Crippen molar-refractivity contribution in [3.8, 4) is 5.69 Å². The molecule has 0 atom stereocenters.